The Hall–Kier alpha value is -0.610. The molecule has 0 aliphatic heterocycles. The minimum absolute atomic E-state index is 0.258. The van der Waals surface area contributed by atoms with Crippen LogP contribution in [0.3, 0.4) is 0 Å². The monoisotopic (exact) mass is 123 g/mol. The van der Waals surface area contributed by atoms with Crippen LogP contribution in [0.15, 0.2) is 0 Å². The number of rotatable bonds is 3. The zero-order valence-corrected chi connectivity index (χ0v) is 4.22. The van der Waals surface area contributed by atoms with Crippen molar-refractivity contribution in [2.45, 2.75) is 6.04 Å². The summed E-state index contributed by atoms with van der Waals surface area (Å²) in [5.41, 5.74) is 5.01. The number of aliphatic carboxylic acids is 1. The summed E-state index contributed by atoms with van der Waals surface area (Å²) in [4.78, 5) is 10.1. The van der Waals surface area contributed by atoms with E-state index in [0.717, 1.165) is 0 Å². The molecule has 0 heterocycles. The Labute approximate surface area is 51.9 Å². The predicted molar refractivity (Wildman–Crippen MR) is 29.5 cm³/mol. The molecule has 0 rings (SSSR count). The van der Waals surface area contributed by atoms with E-state index in [1.165, 1.54) is 0 Å². The quantitative estimate of drug-likeness (QED) is 0.404. The smallest absolute Gasteiger partial charge is 0.321 e. The molecule has 0 amide bonds. The molecule has 1 atom stereocenters. The maximum absolute atomic E-state index is 10.1. The first-order valence-electron chi connectivity index (χ1n) is 3.56. The molecule has 4 heteroatoms. The molecule has 0 fully saturated rings. The van der Waals surface area contributed by atoms with E-state index in [-0.39, 0.29) is 6.54 Å². The van der Waals surface area contributed by atoms with Gasteiger partial charge in [-0.15, -0.1) is 0 Å². The molecule has 0 bridgehead atoms. The average Bonchev–Trinajstić information content (AvgIpc) is 1.80. The lowest BCUT2D eigenvalue weighted by Crippen LogP contribution is -2.38. The zero-order chi connectivity index (χ0) is 9.07. The molecule has 4 N–H and O–H groups in total. The summed E-state index contributed by atoms with van der Waals surface area (Å²) in [6.45, 7) is -2.58. The van der Waals surface area contributed by atoms with Gasteiger partial charge in [-0.05, 0) is 6.98 Å². The Bertz CT molecular complexity index is 147. The van der Waals surface area contributed by atoms with Crippen molar-refractivity contribution in [3.05, 3.63) is 0 Å². The molecule has 0 aromatic heterocycles. The van der Waals surface area contributed by atoms with Gasteiger partial charge in [-0.1, -0.05) is 0 Å². The van der Waals surface area contributed by atoms with Crippen molar-refractivity contribution in [1.29, 1.82) is 0 Å². The third-order valence-corrected chi connectivity index (χ3v) is 0.639. The van der Waals surface area contributed by atoms with E-state index in [2.05, 4.69) is 0 Å². The van der Waals surface area contributed by atoms with Gasteiger partial charge in [-0.3, -0.25) is 4.79 Å². The van der Waals surface area contributed by atoms with Crippen LogP contribution < -0.4 is 11.1 Å². The molecule has 0 saturated heterocycles. The van der Waals surface area contributed by atoms with Crippen molar-refractivity contribution in [2.75, 3.05) is 13.5 Å². The van der Waals surface area contributed by atoms with Crippen LogP contribution in [-0.4, -0.2) is 30.6 Å². The van der Waals surface area contributed by atoms with Gasteiger partial charge in [0.2, 0.25) is 0 Å². The Morgan fingerprint density at radius 1 is 2.25 bits per heavy atom. The predicted octanol–water partition coefficient (Wildman–Crippen LogP) is -1.38. The lowest BCUT2D eigenvalue weighted by atomic mass is 10.4. The highest BCUT2D eigenvalue weighted by atomic mass is 16.4. The standard InChI is InChI=1S/C4H10N2O2/c1-6-2-3(5)4(7)8/h3,6H,2,5H2,1H3,(H,7,8)/i1D3,5+1,6+1. The highest BCUT2D eigenvalue weighted by Gasteiger charge is 2.07. The maximum Gasteiger partial charge on any atom is 0.321 e. The number of nitrogens with one attached hydrogen (secondary N) is 1. The minimum Gasteiger partial charge on any atom is -0.480 e. The average molecular weight is 123 g/mol. The molecular weight excluding hydrogens is 110 g/mol. The molecule has 0 spiro atoms. The van der Waals surface area contributed by atoms with Crippen LogP contribution in [0.5, 0.6) is 0 Å². The van der Waals surface area contributed by atoms with Gasteiger partial charge in [0, 0.05) is 10.7 Å². The third kappa shape index (κ3) is 2.54. The fraction of sp³-hybridized carbons (Fsp3) is 0.750. The van der Waals surface area contributed by atoms with Crippen LogP contribution >= 0.6 is 0 Å². The van der Waals surface area contributed by atoms with Crippen LogP contribution in [0.25, 0.3) is 0 Å². The zero-order valence-electron chi connectivity index (χ0n) is 7.22. The van der Waals surface area contributed by atoms with Crippen molar-refractivity contribution in [1.82, 2.24) is 5.32 Å². The number of carbonyl (C=O) groups is 1. The van der Waals surface area contributed by atoms with Crippen molar-refractivity contribution < 1.29 is 14.0 Å². The number of carboxylic acid groups (broad SMARTS) is 1. The second kappa shape index (κ2) is 3.40. The second-order valence-electron chi connectivity index (χ2n) is 1.33. The number of hydrogen-bond donors (Lipinski definition) is 3. The van der Waals surface area contributed by atoms with Gasteiger partial charge in [0.1, 0.15) is 6.04 Å². The summed E-state index contributed by atoms with van der Waals surface area (Å²) >= 11 is 0. The van der Waals surface area contributed by atoms with E-state index in [9.17, 15) is 4.79 Å². The van der Waals surface area contributed by atoms with Crippen LogP contribution in [0.4, 0.5) is 0 Å². The van der Waals surface area contributed by atoms with Crippen LogP contribution in [0, 0.1) is 0 Å². The molecule has 0 radical (unpaired) electrons. The van der Waals surface area contributed by atoms with E-state index >= 15 is 0 Å². The summed E-state index contributed by atoms with van der Waals surface area (Å²) in [6, 6.07) is -1.17. The Kier molecular flexibility index (Phi) is 1.45. The Morgan fingerprint density at radius 3 is 3.25 bits per heavy atom. The fourth-order valence-electron chi connectivity index (χ4n) is 0.197. The first kappa shape index (κ1) is 3.42. The molecule has 8 heavy (non-hydrogen) atoms. The van der Waals surface area contributed by atoms with Crippen LogP contribution in [0.2, 0.25) is 0 Å². The summed E-state index contributed by atoms with van der Waals surface area (Å²) in [5, 5.41) is 10.2. The maximum atomic E-state index is 10.1. The highest BCUT2D eigenvalue weighted by Crippen LogP contribution is 1.71. The molecule has 0 aliphatic carbocycles. The molecule has 0 saturated carbocycles. The van der Waals surface area contributed by atoms with Gasteiger partial charge in [0.05, 0.1) is 0 Å². The summed E-state index contributed by atoms with van der Waals surface area (Å²) < 4.78 is 19.9. The molecular formula is C4H10N2O2. The molecule has 1 unspecified atom stereocenters. The SMILES string of the molecule is [2H]C([2H])([2H])[15NH]CC([15NH2])C(=O)O. The Balaban J connectivity index is 3.63. The normalized spacial score (nSPS) is 20.4. The van der Waals surface area contributed by atoms with Crippen molar-refractivity contribution in [3.63, 3.8) is 0 Å². The third-order valence-electron chi connectivity index (χ3n) is 0.639. The van der Waals surface area contributed by atoms with Crippen molar-refractivity contribution in [2.24, 2.45) is 5.73 Å². The Morgan fingerprint density at radius 2 is 2.88 bits per heavy atom. The van der Waals surface area contributed by atoms with E-state index < -0.39 is 19.0 Å². The largest absolute Gasteiger partial charge is 0.480 e. The summed E-state index contributed by atoms with van der Waals surface area (Å²) in [5.74, 6) is -1.22. The fourth-order valence-corrected chi connectivity index (χ4v) is 0.197. The summed E-state index contributed by atoms with van der Waals surface area (Å²) in [6.07, 6.45) is 0. The van der Waals surface area contributed by atoms with E-state index in [0.29, 0.717) is 0 Å². The molecule has 0 aromatic rings. The van der Waals surface area contributed by atoms with E-state index in [1.807, 2.05) is 5.32 Å². The molecule has 0 aromatic carbocycles. The van der Waals surface area contributed by atoms with Gasteiger partial charge in [-0.25, -0.2) is 0 Å². The topological polar surface area (TPSA) is 75.3 Å². The number of carboxylic acids is 1. The van der Waals surface area contributed by atoms with Gasteiger partial charge in [0.25, 0.3) is 0 Å². The van der Waals surface area contributed by atoms with Gasteiger partial charge < -0.3 is 16.2 Å². The molecule has 4 nitrogen and oxygen atoms in total. The second-order valence-corrected chi connectivity index (χ2v) is 1.33. The van der Waals surface area contributed by atoms with Crippen molar-refractivity contribution in [3.8, 4) is 0 Å². The van der Waals surface area contributed by atoms with Gasteiger partial charge in [-0.2, -0.15) is 0 Å². The number of nitrogens with two attached hydrogens (primary N) is 1. The van der Waals surface area contributed by atoms with Gasteiger partial charge >= 0.3 is 5.97 Å². The van der Waals surface area contributed by atoms with E-state index in [1.54, 1.807) is 0 Å². The first-order chi connectivity index (χ1) is 4.83. The summed E-state index contributed by atoms with van der Waals surface area (Å²) in [7, 11) is 0. The highest BCUT2D eigenvalue weighted by molar-refractivity contribution is 5.73. The molecule has 0 aliphatic rings. The van der Waals surface area contributed by atoms with Crippen molar-refractivity contribution >= 4 is 5.97 Å². The number of hydrogen-bond acceptors (Lipinski definition) is 3. The van der Waals surface area contributed by atoms with Crippen LogP contribution in [-0.2, 0) is 4.79 Å². The lowest BCUT2D eigenvalue weighted by molar-refractivity contribution is -0.138. The lowest BCUT2D eigenvalue weighted by Gasteiger charge is -2.02. The minimum atomic E-state index is -2.33. The first-order valence-corrected chi connectivity index (χ1v) is 2.06. The number of likely N-dealkylation sites (N-methyl/N-ethyl adjacent to an activating group) is 1. The van der Waals surface area contributed by atoms with Crippen LogP contribution in [0.1, 0.15) is 4.11 Å². The molecule has 48 valence electrons. The van der Waals surface area contributed by atoms with E-state index in [4.69, 9.17) is 15.0 Å². The van der Waals surface area contributed by atoms with Gasteiger partial charge in [0.15, 0.2) is 0 Å².